The van der Waals surface area contributed by atoms with Crippen LogP contribution >= 0.6 is 0 Å². The third kappa shape index (κ3) is 4.84. The number of hydrogen-bond acceptors (Lipinski definition) is 3. The van der Waals surface area contributed by atoms with Crippen molar-refractivity contribution in [2.45, 2.75) is 46.1 Å². The van der Waals surface area contributed by atoms with Crippen LogP contribution in [-0.4, -0.2) is 27.8 Å². The molecule has 0 saturated heterocycles. The molecule has 2 aromatic rings. The molecule has 0 atom stereocenters. The molecule has 0 saturated carbocycles. The second-order valence-corrected chi connectivity index (χ2v) is 6.42. The highest BCUT2D eigenvalue weighted by Crippen LogP contribution is 2.17. The number of alkyl carbamates (subject to hydrolysis) is 1. The molecular weight excluding hydrogens is 290 g/mol. The number of benzene rings is 1. The monoisotopic (exact) mass is 315 g/mol. The zero-order chi connectivity index (χ0) is 16.9. The zero-order valence-electron chi connectivity index (χ0n) is 14.3. The maximum Gasteiger partial charge on any atom is 0.407 e. The fourth-order valence-electron chi connectivity index (χ4n) is 2.38. The Labute approximate surface area is 137 Å². The Morgan fingerprint density at radius 3 is 2.74 bits per heavy atom. The lowest BCUT2D eigenvalue weighted by Gasteiger charge is -2.19. The van der Waals surface area contributed by atoms with Crippen LogP contribution in [0.4, 0.5) is 4.79 Å². The number of ether oxygens (including phenoxy) is 1. The highest BCUT2D eigenvalue weighted by Gasteiger charge is 2.16. The van der Waals surface area contributed by atoms with Gasteiger partial charge < -0.3 is 14.6 Å². The Kier molecular flexibility index (Phi) is 5.42. The van der Waals surface area contributed by atoms with Gasteiger partial charge in [0.25, 0.3) is 0 Å². The second kappa shape index (κ2) is 7.31. The highest BCUT2D eigenvalue weighted by molar-refractivity contribution is 5.67. The Balaban J connectivity index is 2.01. The van der Waals surface area contributed by atoms with Crippen LogP contribution in [0.2, 0.25) is 0 Å². The Morgan fingerprint density at radius 1 is 1.30 bits per heavy atom. The Hall–Kier alpha value is -2.30. The molecule has 2 rings (SSSR count). The van der Waals surface area contributed by atoms with E-state index >= 15 is 0 Å². The minimum absolute atomic E-state index is 0.391. The van der Waals surface area contributed by atoms with Gasteiger partial charge in [0.2, 0.25) is 0 Å². The molecule has 5 nitrogen and oxygen atoms in total. The van der Waals surface area contributed by atoms with E-state index in [1.165, 1.54) is 5.56 Å². The third-order valence-electron chi connectivity index (χ3n) is 3.40. The summed E-state index contributed by atoms with van der Waals surface area (Å²) in [7, 11) is 0. The fraction of sp³-hybridized carbons (Fsp3) is 0.444. The molecule has 0 radical (unpaired) electrons. The van der Waals surface area contributed by atoms with Crippen molar-refractivity contribution < 1.29 is 9.53 Å². The van der Waals surface area contributed by atoms with Crippen LogP contribution in [0.15, 0.2) is 36.8 Å². The molecule has 0 bridgehead atoms. The number of rotatable bonds is 5. The number of aromatic nitrogens is 2. The van der Waals surface area contributed by atoms with E-state index in [9.17, 15) is 4.79 Å². The molecule has 1 amide bonds. The highest BCUT2D eigenvalue weighted by atomic mass is 16.6. The standard InChI is InChI=1S/C18H25N3O2/c1-5-14-8-6-7-9-16(14)21-13-19-12-15(21)10-11-20-17(22)23-18(2,3)4/h6-9,12-13H,5,10-11H2,1-4H3,(H,20,22). The number of carbonyl (C=O) groups is 1. The summed E-state index contributed by atoms with van der Waals surface area (Å²) in [6.45, 7) is 8.20. The molecule has 0 unspecified atom stereocenters. The predicted octanol–water partition coefficient (Wildman–Crippen LogP) is 3.50. The molecule has 0 aliphatic carbocycles. The van der Waals surface area contributed by atoms with Gasteiger partial charge in [-0.1, -0.05) is 25.1 Å². The summed E-state index contributed by atoms with van der Waals surface area (Å²) in [5, 5.41) is 2.78. The first-order valence-corrected chi connectivity index (χ1v) is 7.97. The number of aryl methyl sites for hydroxylation is 1. The van der Waals surface area contributed by atoms with Crippen molar-refractivity contribution in [1.82, 2.24) is 14.9 Å². The van der Waals surface area contributed by atoms with Crippen molar-refractivity contribution in [3.05, 3.63) is 48.0 Å². The van der Waals surface area contributed by atoms with Crippen molar-refractivity contribution in [3.63, 3.8) is 0 Å². The van der Waals surface area contributed by atoms with Gasteiger partial charge in [-0.25, -0.2) is 9.78 Å². The first-order chi connectivity index (χ1) is 10.9. The van der Waals surface area contributed by atoms with E-state index in [-0.39, 0.29) is 0 Å². The van der Waals surface area contributed by atoms with Crippen molar-refractivity contribution in [2.75, 3.05) is 6.54 Å². The average Bonchev–Trinajstić information content (AvgIpc) is 2.93. The molecule has 1 heterocycles. The lowest BCUT2D eigenvalue weighted by molar-refractivity contribution is 0.0528. The molecule has 1 aromatic carbocycles. The van der Waals surface area contributed by atoms with Crippen molar-refractivity contribution >= 4 is 6.09 Å². The van der Waals surface area contributed by atoms with Gasteiger partial charge in [0.05, 0.1) is 6.33 Å². The molecule has 5 heteroatoms. The lowest BCUT2D eigenvalue weighted by atomic mass is 10.1. The molecular formula is C18H25N3O2. The largest absolute Gasteiger partial charge is 0.444 e. The summed E-state index contributed by atoms with van der Waals surface area (Å²) < 4.78 is 7.32. The molecule has 0 aliphatic rings. The summed E-state index contributed by atoms with van der Waals surface area (Å²) in [6, 6.07) is 8.28. The zero-order valence-corrected chi connectivity index (χ0v) is 14.3. The van der Waals surface area contributed by atoms with Crippen molar-refractivity contribution in [1.29, 1.82) is 0 Å². The molecule has 1 aromatic heterocycles. The van der Waals surface area contributed by atoms with Crippen molar-refractivity contribution in [2.24, 2.45) is 0 Å². The average molecular weight is 315 g/mol. The van der Waals surface area contributed by atoms with E-state index in [4.69, 9.17) is 4.74 Å². The number of nitrogens with zero attached hydrogens (tertiary/aromatic N) is 2. The van der Waals surface area contributed by atoms with Gasteiger partial charge in [-0.2, -0.15) is 0 Å². The van der Waals surface area contributed by atoms with E-state index in [2.05, 4.69) is 33.9 Å². The van der Waals surface area contributed by atoms with Gasteiger partial charge in [0.15, 0.2) is 0 Å². The van der Waals surface area contributed by atoms with Crippen LogP contribution in [0, 0.1) is 0 Å². The molecule has 0 aliphatic heterocycles. The number of imidazole rings is 1. The van der Waals surface area contributed by atoms with E-state index in [0.29, 0.717) is 13.0 Å². The van der Waals surface area contributed by atoms with Gasteiger partial charge in [-0.3, -0.25) is 0 Å². The minimum Gasteiger partial charge on any atom is -0.444 e. The van der Waals surface area contributed by atoms with E-state index in [1.54, 1.807) is 0 Å². The SMILES string of the molecule is CCc1ccccc1-n1cncc1CCNC(=O)OC(C)(C)C. The number of nitrogens with one attached hydrogen (secondary N) is 1. The van der Waals surface area contributed by atoms with Crippen LogP contribution in [0.25, 0.3) is 5.69 Å². The predicted molar refractivity (Wildman–Crippen MR) is 90.9 cm³/mol. The topological polar surface area (TPSA) is 56.2 Å². The first-order valence-electron chi connectivity index (χ1n) is 7.97. The van der Waals surface area contributed by atoms with Gasteiger partial charge in [0, 0.05) is 30.5 Å². The van der Waals surface area contributed by atoms with E-state index < -0.39 is 11.7 Å². The third-order valence-corrected chi connectivity index (χ3v) is 3.40. The first kappa shape index (κ1) is 17.1. The maximum absolute atomic E-state index is 11.7. The van der Waals surface area contributed by atoms with Crippen LogP contribution in [0.1, 0.15) is 39.0 Å². The van der Waals surface area contributed by atoms with Gasteiger partial charge in [-0.05, 0) is 38.8 Å². The summed E-state index contributed by atoms with van der Waals surface area (Å²) in [4.78, 5) is 15.9. The van der Waals surface area contributed by atoms with Crippen LogP contribution in [0.3, 0.4) is 0 Å². The van der Waals surface area contributed by atoms with E-state index in [1.807, 2.05) is 45.4 Å². The summed E-state index contributed by atoms with van der Waals surface area (Å²) in [6.07, 6.45) is 4.92. The molecule has 23 heavy (non-hydrogen) atoms. The van der Waals surface area contributed by atoms with Crippen LogP contribution in [0.5, 0.6) is 0 Å². The fourth-order valence-corrected chi connectivity index (χ4v) is 2.38. The minimum atomic E-state index is -0.480. The maximum atomic E-state index is 11.7. The summed E-state index contributed by atoms with van der Waals surface area (Å²) >= 11 is 0. The number of para-hydroxylation sites is 1. The van der Waals surface area contributed by atoms with Gasteiger partial charge in [0.1, 0.15) is 5.60 Å². The van der Waals surface area contributed by atoms with Gasteiger partial charge in [-0.15, -0.1) is 0 Å². The number of carbonyl (C=O) groups excluding carboxylic acids is 1. The Morgan fingerprint density at radius 2 is 2.04 bits per heavy atom. The van der Waals surface area contributed by atoms with Crippen LogP contribution < -0.4 is 5.32 Å². The summed E-state index contributed by atoms with van der Waals surface area (Å²) in [5.74, 6) is 0. The second-order valence-electron chi connectivity index (χ2n) is 6.42. The normalized spacial score (nSPS) is 11.3. The van der Waals surface area contributed by atoms with Crippen molar-refractivity contribution in [3.8, 4) is 5.69 Å². The molecule has 0 fully saturated rings. The molecule has 1 N–H and O–H groups in total. The molecule has 124 valence electrons. The quantitative estimate of drug-likeness (QED) is 0.918. The Bertz CT molecular complexity index is 656. The molecule has 0 spiro atoms. The van der Waals surface area contributed by atoms with E-state index in [0.717, 1.165) is 17.8 Å². The van der Waals surface area contributed by atoms with Crippen LogP contribution in [-0.2, 0) is 17.6 Å². The summed E-state index contributed by atoms with van der Waals surface area (Å²) in [5.41, 5.74) is 2.99. The smallest absolute Gasteiger partial charge is 0.407 e. The van der Waals surface area contributed by atoms with Gasteiger partial charge >= 0.3 is 6.09 Å². The number of hydrogen-bond donors (Lipinski definition) is 1. The lowest BCUT2D eigenvalue weighted by Crippen LogP contribution is -2.33. The number of amides is 1.